The van der Waals surface area contributed by atoms with Gasteiger partial charge in [0.05, 0.1) is 15.6 Å². The number of piperazine rings is 1. The number of nitro groups is 1. The number of nitrogen functional groups attached to an aromatic ring is 1. The second-order valence-electron chi connectivity index (χ2n) is 6.32. The zero-order chi connectivity index (χ0) is 19.7. The summed E-state index contributed by atoms with van der Waals surface area (Å²) in [5.74, 6) is 0.200. The fourth-order valence-electron chi connectivity index (χ4n) is 3.37. The van der Waals surface area contributed by atoms with Gasteiger partial charge in [-0.25, -0.2) is 4.63 Å². The predicted molar refractivity (Wildman–Crippen MR) is 98.1 cm³/mol. The van der Waals surface area contributed by atoms with Crippen LogP contribution in [0.3, 0.4) is 0 Å². The van der Waals surface area contributed by atoms with Crippen LogP contribution in [-0.2, 0) is 0 Å². The molecular weight excluding hydrogens is 378 g/mol. The number of rotatable bonds is 3. The first-order valence-corrected chi connectivity index (χ1v) is 8.49. The third kappa shape index (κ3) is 3.45. The second-order valence-corrected chi connectivity index (χ2v) is 6.73. The summed E-state index contributed by atoms with van der Waals surface area (Å²) >= 11 is 6.26. The van der Waals surface area contributed by atoms with Crippen molar-refractivity contribution in [2.75, 3.05) is 23.7 Å². The van der Waals surface area contributed by atoms with Gasteiger partial charge in [0.1, 0.15) is 0 Å². The number of aromatic nitrogens is 2. The molecule has 1 saturated heterocycles. The smallest absolute Gasteiger partial charge is 0.271 e. The molecule has 144 valence electrons. The highest BCUT2D eigenvalue weighted by atomic mass is 35.5. The molecule has 0 radical (unpaired) electrons. The zero-order valence-corrected chi connectivity index (χ0v) is 15.4. The average Bonchev–Trinajstić information content (AvgIpc) is 3.03. The number of nitrogens with two attached hydrogens (primary N) is 1. The van der Waals surface area contributed by atoms with E-state index >= 15 is 0 Å². The Hall–Kier alpha value is -3.08. The summed E-state index contributed by atoms with van der Waals surface area (Å²) in [7, 11) is 0. The Bertz CT molecular complexity index is 875. The molecule has 1 aliphatic heterocycles. The normalized spacial score (nSPS) is 20.8. The highest BCUT2D eigenvalue weighted by molar-refractivity contribution is 6.33. The number of nitrogens with zero attached hydrogens (tertiary/aromatic N) is 6. The number of oxime groups is 1. The van der Waals surface area contributed by atoms with E-state index in [2.05, 4.69) is 20.1 Å². The van der Waals surface area contributed by atoms with Gasteiger partial charge in [-0.3, -0.25) is 10.1 Å². The Morgan fingerprint density at radius 2 is 2.07 bits per heavy atom. The van der Waals surface area contributed by atoms with E-state index in [0.717, 1.165) is 0 Å². The third-order valence-corrected chi connectivity index (χ3v) is 4.77. The largest absolute Gasteiger partial charge is 0.409 e. The second kappa shape index (κ2) is 7.27. The van der Waals surface area contributed by atoms with E-state index < -0.39 is 4.92 Å². The van der Waals surface area contributed by atoms with Crippen LogP contribution in [0.2, 0.25) is 5.02 Å². The Labute approximate surface area is 159 Å². The lowest BCUT2D eigenvalue weighted by Gasteiger charge is -2.46. The summed E-state index contributed by atoms with van der Waals surface area (Å²) in [6, 6.07) is 4.17. The summed E-state index contributed by atoms with van der Waals surface area (Å²) in [5, 5.41) is 31.3. The number of hydrogen-bond acceptors (Lipinski definition) is 9. The molecule has 0 amide bonds. The molecule has 1 aromatic heterocycles. The minimum atomic E-state index is -0.487. The average molecular weight is 396 g/mol. The fraction of sp³-hybridized carbons (Fsp3) is 0.400. The van der Waals surface area contributed by atoms with Crippen LogP contribution in [0.5, 0.6) is 0 Å². The molecule has 0 saturated carbocycles. The molecule has 11 nitrogen and oxygen atoms in total. The van der Waals surface area contributed by atoms with Gasteiger partial charge >= 0.3 is 0 Å². The molecule has 2 atom stereocenters. The fourth-order valence-corrected chi connectivity index (χ4v) is 3.67. The standard InChI is InChI=1S/C15H18ClN7O4/c1-8-6-21(12-4-3-10(23(25)26)5-11(12)16)7-9(2)22(8)15(18-24)13-14(17)20-27-19-13/h3-5,8-9,24H,6-7H2,1-2H3,(H2,17,20). The molecular formula is C15H18ClN7O4. The van der Waals surface area contributed by atoms with Crippen molar-refractivity contribution in [1.82, 2.24) is 15.2 Å². The maximum atomic E-state index is 10.9. The molecule has 27 heavy (non-hydrogen) atoms. The number of anilines is 2. The maximum absolute atomic E-state index is 10.9. The molecule has 0 bridgehead atoms. The molecule has 3 N–H and O–H groups in total. The highest BCUT2D eigenvalue weighted by Gasteiger charge is 2.35. The van der Waals surface area contributed by atoms with E-state index in [1.165, 1.54) is 12.1 Å². The molecule has 1 aromatic carbocycles. The molecule has 3 rings (SSSR count). The van der Waals surface area contributed by atoms with Crippen molar-refractivity contribution in [3.63, 3.8) is 0 Å². The van der Waals surface area contributed by atoms with E-state index in [0.29, 0.717) is 23.8 Å². The number of nitro benzene ring substituents is 1. The van der Waals surface area contributed by atoms with Gasteiger partial charge in [0.15, 0.2) is 11.5 Å². The van der Waals surface area contributed by atoms with Gasteiger partial charge in [-0.05, 0) is 30.2 Å². The highest BCUT2D eigenvalue weighted by Crippen LogP contribution is 2.32. The van der Waals surface area contributed by atoms with Gasteiger partial charge in [-0.2, -0.15) is 0 Å². The van der Waals surface area contributed by atoms with Crippen LogP contribution in [0.15, 0.2) is 28.0 Å². The molecule has 2 aromatic rings. The summed E-state index contributed by atoms with van der Waals surface area (Å²) in [4.78, 5) is 14.3. The Morgan fingerprint density at radius 3 is 2.56 bits per heavy atom. The minimum absolute atomic E-state index is 0.0306. The van der Waals surface area contributed by atoms with Crippen LogP contribution in [0.4, 0.5) is 17.2 Å². The first-order chi connectivity index (χ1) is 12.8. The van der Waals surface area contributed by atoms with Gasteiger partial charge in [0.25, 0.3) is 5.69 Å². The van der Waals surface area contributed by atoms with Crippen molar-refractivity contribution in [2.45, 2.75) is 25.9 Å². The van der Waals surface area contributed by atoms with Crippen LogP contribution in [0.25, 0.3) is 0 Å². The quantitative estimate of drug-likeness (QED) is 0.261. The monoisotopic (exact) mass is 395 g/mol. The van der Waals surface area contributed by atoms with E-state index in [4.69, 9.17) is 17.3 Å². The SMILES string of the molecule is CC1CN(c2ccc([N+](=O)[O-])cc2Cl)CC(C)N1C(=NO)c1nonc1N. The first kappa shape index (κ1) is 18.7. The van der Waals surface area contributed by atoms with Gasteiger partial charge in [-0.15, -0.1) is 0 Å². The molecule has 0 aliphatic carbocycles. The van der Waals surface area contributed by atoms with Gasteiger partial charge < -0.3 is 20.7 Å². The van der Waals surface area contributed by atoms with Crippen molar-refractivity contribution in [3.05, 3.63) is 39.0 Å². The Balaban J connectivity index is 1.85. The van der Waals surface area contributed by atoms with E-state index in [9.17, 15) is 15.3 Å². The number of amidine groups is 1. The maximum Gasteiger partial charge on any atom is 0.271 e. The van der Waals surface area contributed by atoms with E-state index in [1.807, 2.05) is 23.6 Å². The number of hydrogen-bond donors (Lipinski definition) is 2. The van der Waals surface area contributed by atoms with Gasteiger partial charge in [-0.1, -0.05) is 16.8 Å². The molecule has 0 spiro atoms. The Morgan fingerprint density at radius 1 is 1.41 bits per heavy atom. The van der Waals surface area contributed by atoms with Crippen LogP contribution in [0.1, 0.15) is 19.5 Å². The van der Waals surface area contributed by atoms with Crippen molar-refractivity contribution < 1.29 is 14.8 Å². The van der Waals surface area contributed by atoms with Crippen molar-refractivity contribution in [1.29, 1.82) is 0 Å². The molecule has 12 heteroatoms. The summed E-state index contributed by atoms with van der Waals surface area (Å²) < 4.78 is 4.60. The lowest BCUT2D eigenvalue weighted by Crippen LogP contribution is -2.59. The van der Waals surface area contributed by atoms with Gasteiger partial charge in [0.2, 0.25) is 5.84 Å². The van der Waals surface area contributed by atoms with Crippen LogP contribution in [-0.4, -0.2) is 56.4 Å². The van der Waals surface area contributed by atoms with Crippen molar-refractivity contribution >= 4 is 34.6 Å². The topological polar surface area (TPSA) is 147 Å². The van der Waals surface area contributed by atoms with Crippen LogP contribution >= 0.6 is 11.6 Å². The third-order valence-electron chi connectivity index (χ3n) is 4.47. The van der Waals surface area contributed by atoms with E-state index in [-0.39, 0.29) is 35.1 Å². The lowest BCUT2D eigenvalue weighted by molar-refractivity contribution is -0.384. The number of non-ortho nitro benzene ring substituents is 1. The molecule has 2 heterocycles. The number of benzene rings is 1. The summed E-state index contributed by atoms with van der Waals surface area (Å²) in [6.45, 7) is 4.95. The van der Waals surface area contributed by atoms with E-state index in [1.54, 1.807) is 6.07 Å². The molecule has 1 fully saturated rings. The molecule has 2 unspecified atom stereocenters. The zero-order valence-electron chi connectivity index (χ0n) is 14.6. The minimum Gasteiger partial charge on any atom is -0.409 e. The van der Waals surface area contributed by atoms with Crippen LogP contribution in [0, 0.1) is 10.1 Å². The van der Waals surface area contributed by atoms with Crippen molar-refractivity contribution in [2.24, 2.45) is 5.16 Å². The first-order valence-electron chi connectivity index (χ1n) is 8.11. The Kier molecular flexibility index (Phi) is 5.04. The predicted octanol–water partition coefficient (Wildman–Crippen LogP) is 1.95. The van der Waals surface area contributed by atoms with Crippen molar-refractivity contribution in [3.8, 4) is 0 Å². The number of halogens is 1. The molecule has 1 aliphatic rings. The lowest BCUT2D eigenvalue weighted by atomic mass is 10.1. The van der Waals surface area contributed by atoms with Crippen LogP contribution < -0.4 is 10.6 Å². The summed E-state index contributed by atoms with van der Waals surface area (Å²) in [6.07, 6.45) is 0. The summed E-state index contributed by atoms with van der Waals surface area (Å²) in [5.41, 5.74) is 6.52. The van der Waals surface area contributed by atoms with Gasteiger partial charge in [0, 0.05) is 37.3 Å².